The summed E-state index contributed by atoms with van der Waals surface area (Å²) >= 11 is 0. The third-order valence-corrected chi connectivity index (χ3v) is 2.28. The summed E-state index contributed by atoms with van der Waals surface area (Å²) in [7, 11) is 1.28. The van der Waals surface area contributed by atoms with Gasteiger partial charge in [-0.25, -0.2) is 0 Å². The van der Waals surface area contributed by atoms with Crippen LogP contribution in [0.1, 0.15) is 20.8 Å². The molecule has 0 spiro atoms. The summed E-state index contributed by atoms with van der Waals surface area (Å²) in [5.41, 5.74) is 0. The highest BCUT2D eigenvalue weighted by Crippen LogP contribution is 2.12. The molecule has 0 radical (unpaired) electrons. The number of hydrogen-bond acceptors (Lipinski definition) is 7. The topological polar surface area (TPSA) is 102 Å². The fourth-order valence-electron chi connectivity index (χ4n) is 1.42. The molecule has 0 aliphatic rings. The van der Waals surface area contributed by atoms with E-state index in [9.17, 15) is 19.8 Å². The quantitative estimate of drug-likeness (QED) is 0.582. The Morgan fingerprint density at radius 2 is 1.72 bits per heavy atom. The molecule has 2 N–H and O–H groups in total. The SMILES string of the molecule is CO[C@@H]([C@@H](O)[C@@H](C)OC(C)=O)[C@@H](O)COC(C)=O. The van der Waals surface area contributed by atoms with Crippen molar-refractivity contribution in [1.29, 1.82) is 0 Å². The molecule has 106 valence electrons. The molecule has 0 saturated carbocycles. The van der Waals surface area contributed by atoms with E-state index in [1.807, 2.05) is 0 Å². The number of esters is 2. The minimum atomic E-state index is -1.23. The Morgan fingerprint density at radius 1 is 1.17 bits per heavy atom. The Labute approximate surface area is 106 Å². The van der Waals surface area contributed by atoms with Gasteiger partial charge in [0.1, 0.15) is 31.0 Å². The van der Waals surface area contributed by atoms with Gasteiger partial charge in [-0.3, -0.25) is 9.59 Å². The van der Waals surface area contributed by atoms with Crippen molar-refractivity contribution in [1.82, 2.24) is 0 Å². The van der Waals surface area contributed by atoms with Gasteiger partial charge in [0.05, 0.1) is 0 Å². The number of carbonyl (C=O) groups is 2. The molecule has 4 atom stereocenters. The summed E-state index contributed by atoms with van der Waals surface area (Å²) in [6, 6.07) is 0. The Hall–Kier alpha value is -1.18. The maximum atomic E-state index is 10.7. The van der Waals surface area contributed by atoms with Gasteiger partial charge in [0.2, 0.25) is 0 Å². The zero-order valence-electron chi connectivity index (χ0n) is 11.0. The molecule has 7 nitrogen and oxygen atoms in total. The molecule has 0 fully saturated rings. The molecular formula is C11H20O7. The fraction of sp³-hybridized carbons (Fsp3) is 0.818. The molecule has 0 unspecified atom stereocenters. The molecule has 0 aromatic carbocycles. The van der Waals surface area contributed by atoms with Gasteiger partial charge in [0.15, 0.2) is 0 Å². The average molecular weight is 264 g/mol. The van der Waals surface area contributed by atoms with Gasteiger partial charge in [0.25, 0.3) is 0 Å². The summed E-state index contributed by atoms with van der Waals surface area (Å²) in [4.78, 5) is 21.4. The number of hydrogen-bond donors (Lipinski definition) is 2. The molecule has 0 heterocycles. The van der Waals surface area contributed by atoms with Crippen molar-refractivity contribution in [3.05, 3.63) is 0 Å². The van der Waals surface area contributed by atoms with E-state index in [-0.39, 0.29) is 6.61 Å². The molecule has 0 bridgehead atoms. The van der Waals surface area contributed by atoms with Crippen LogP contribution >= 0.6 is 0 Å². The van der Waals surface area contributed by atoms with Crippen molar-refractivity contribution in [3.8, 4) is 0 Å². The van der Waals surface area contributed by atoms with Gasteiger partial charge in [-0.1, -0.05) is 0 Å². The largest absolute Gasteiger partial charge is 0.463 e. The highest BCUT2D eigenvalue weighted by Gasteiger charge is 2.33. The minimum Gasteiger partial charge on any atom is -0.463 e. The lowest BCUT2D eigenvalue weighted by Gasteiger charge is -2.29. The van der Waals surface area contributed by atoms with Gasteiger partial charge in [-0.05, 0) is 6.92 Å². The zero-order valence-corrected chi connectivity index (χ0v) is 11.0. The van der Waals surface area contributed by atoms with Crippen LogP contribution in [-0.2, 0) is 23.8 Å². The number of aliphatic hydroxyl groups excluding tert-OH is 2. The molecule has 0 aliphatic carbocycles. The van der Waals surface area contributed by atoms with Crippen LogP contribution in [0.25, 0.3) is 0 Å². The highest BCUT2D eigenvalue weighted by molar-refractivity contribution is 5.66. The van der Waals surface area contributed by atoms with Gasteiger partial charge in [-0.15, -0.1) is 0 Å². The van der Waals surface area contributed by atoms with Crippen molar-refractivity contribution in [2.24, 2.45) is 0 Å². The second kappa shape index (κ2) is 8.02. The van der Waals surface area contributed by atoms with Crippen LogP contribution in [0, 0.1) is 0 Å². The molecule has 0 aromatic rings. The first kappa shape index (κ1) is 16.8. The second-order valence-electron chi connectivity index (χ2n) is 3.88. The van der Waals surface area contributed by atoms with Crippen LogP contribution in [0.3, 0.4) is 0 Å². The van der Waals surface area contributed by atoms with Crippen molar-refractivity contribution in [2.75, 3.05) is 13.7 Å². The smallest absolute Gasteiger partial charge is 0.302 e. The zero-order chi connectivity index (χ0) is 14.3. The monoisotopic (exact) mass is 264 g/mol. The standard InChI is InChI=1S/C11H20O7/c1-6(18-8(3)13)10(15)11(16-4)9(14)5-17-7(2)12/h6,9-11,14-15H,5H2,1-4H3/t6-,9+,10+,11-/m1/s1. The van der Waals surface area contributed by atoms with Gasteiger partial charge >= 0.3 is 11.9 Å². The molecule has 0 saturated heterocycles. The van der Waals surface area contributed by atoms with Crippen LogP contribution < -0.4 is 0 Å². The number of aliphatic hydroxyl groups is 2. The predicted octanol–water partition coefficient (Wildman–Crippen LogP) is -0.762. The lowest BCUT2D eigenvalue weighted by atomic mass is 10.0. The third kappa shape index (κ3) is 5.95. The lowest BCUT2D eigenvalue weighted by Crippen LogP contribution is -2.47. The summed E-state index contributed by atoms with van der Waals surface area (Å²) in [6.07, 6.45) is -4.32. The third-order valence-electron chi connectivity index (χ3n) is 2.28. The maximum Gasteiger partial charge on any atom is 0.302 e. The molecule has 0 aliphatic heterocycles. The van der Waals surface area contributed by atoms with Crippen molar-refractivity contribution in [3.63, 3.8) is 0 Å². The first-order valence-electron chi connectivity index (χ1n) is 5.49. The summed E-state index contributed by atoms with van der Waals surface area (Å²) in [6.45, 7) is 3.57. The van der Waals surface area contributed by atoms with E-state index in [0.717, 1.165) is 0 Å². The van der Waals surface area contributed by atoms with E-state index in [1.54, 1.807) is 0 Å². The van der Waals surface area contributed by atoms with E-state index in [0.29, 0.717) is 0 Å². The van der Waals surface area contributed by atoms with E-state index >= 15 is 0 Å². The first-order chi connectivity index (χ1) is 8.29. The maximum absolute atomic E-state index is 10.7. The van der Waals surface area contributed by atoms with Crippen LogP contribution in [0.2, 0.25) is 0 Å². The Kier molecular flexibility index (Phi) is 7.49. The number of rotatable bonds is 7. The van der Waals surface area contributed by atoms with Crippen molar-refractivity contribution >= 4 is 11.9 Å². The number of carbonyl (C=O) groups excluding carboxylic acids is 2. The number of ether oxygens (including phenoxy) is 3. The average Bonchev–Trinajstić information content (AvgIpc) is 2.26. The van der Waals surface area contributed by atoms with Crippen LogP contribution in [0.15, 0.2) is 0 Å². The molecule has 18 heavy (non-hydrogen) atoms. The van der Waals surface area contributed by atoms with Crippen molar-refractivity contribution in [2.45, 2.75) is 45.2 Å². The van der Waals surface area contributed by atoms with Gasteiger partial charge in [-0.2, -0.15) is 0 Å². The second-order valence-corrected chi connectivity index (χ2v) is 3.88. The van der Waals surface area contributed by atoms with Crippen LogP contribution in [-0.4, -0.2) is 60.3 Å². The van der Waals surface area contributed by atoms with E-state index in [2.05, 4.69) is 4.74 Å². The normalized spacial score (nSPS) is 17.4. The minimum absolute atomic E-state index is 0.308. The van der Waals surface area contributed by atoms with Crippen molar-refractivity contribution < 1.29 is 34.0 Å². The molecule has 0 aromatic heterocycles. The summed E-state index contributed by atoms with van der Waals surface area (Å²) in [5.74, 6) is -1.10. The summed E-state index contributed by atoms with van der Waals surface area (Å²) < 4.78 is 14.3. The Balaban J connectivity index is 4.44. The van der Waals surface area contributed by atoms with Gasteiger partial charge < -0.3 is 24.4 Å². The Morgan fingerprint density at radius 3 is 2.11 bits per heavy atom. The van der Waals surface area contributed by atoms with E-state index in [1.165, 1.54) is 27.9 Å². The molecule has 0 rings (SSSR count). The predicted molar refractivity (Wildman–Crippen MR) is 60.7 cm³/mol. The Bertz CT molecular complexity index is 279. The van der Waals surface area contributed by atoms with Gasteiger partial charge in [0, 0.05) is 21.0 Å². The fourth-order valence-corrected chi connectivity index (χ4v) is 1.42. The summed E-state index contributed by atoms with van der Waals surface area (Å²) in [5, 5.41) is 19.6. The molecule has 7 heteroatoms. The highest BCUT2D eigenvalue weighted by atomic mass is 16.6. The number of methoxy groups -OCH3 is 1. The first-order valence-corrected chi connectivity index (χ1v) is 5.49. The van der Waals surface area contributed by atoms with Crippen LogP contribution in [0.5, 0.6) is 0 Å². The molecule has 0 amide bonds. The lowest BCUT2D eigenvalue weighted by molar-refractivity contribution is -0.168. The molecular weight excluding hydrogens is 244 g/mol. The van der Waals surface area contributed by atoms with E-state index in [4.69, 9.17) is 9.47 Å². The van der Waals surface area contributed by atoms with E-state index < -0.39 is 36.4 Å². The van der Waals surface area contributed by atoms with Crippen LogP contribution in [0.4, 0.5) is 0 Å².